The van der Waals surface area contributed by atoms with E-state index >= 15 is 0 Å². The third-order valence-corrected chi connectivity index (χ3v) is 5.60. The summed E-state index contributed by atoms with van der Waals surface area (Å²) in [5.74, 6) is -0.651. The van der Waals surface area contributed by atoms with E-state index in [9.17, 15) is 14.4 Å². The number of thiophene rings is 1. The van der Waals surface area contributed by atoms with Gasteiger partial charge in [-0.15, -0.1) is 11.3 Å². The predicted molar refractivity (Wildman–Crippen MR) is 119 cm³/mol. The maximum absolute atomic E-state index is 12.8. The molecular formula is C22H29N3O3S. The Labute approximate surface area is 176 Å². The topological polar surface area (TPSA) is 87.3 Å². The molecule has 0 aliphatic rings. The van der Waals surface area contributed by atoms with Crippen LogP contribution in [0.3, 0.4) is 0 Å². The highest BCUT2D eigenvalue weighted by molar-refractivity contribution is 7.18. The molecule has 3 amide bonds. The molecule has 0 radical (unpaired) electrons. The molecule has 6 nitrogen and oxygen atoms in total. The van der Waals surface area contributed by atoms with Crippen LogP contribution in [0.15, 0.2) is 30.3 Å². The van der Waals surface area contributed by atoms with E-state index in [1.165, 1.54) is 11.3 Å². The van der Waals surface area contributed by atoms with Crippen molar-refractivity contribution in [2.75, 3.05) is 10.6 Å². The Bertz CT molecular complexity index is 912. The lowest BCUT2D eigenvalue weighted by Gasteiger charge is -2.16. The van der Waals surface area contributed by atoms with E-state index in [4.69, 9.17) is 0 Å². The third kappa shape index (κ3) is 5.90. The number of hydrogen-bond donors (Lipinski definition) is 3. The van der Waals surface area contributed by atoms with Gasteiger partial charge in [-0.05, 0) is 44.0 Å². The average Bonchev–Trinajstić information content (AvgIpc) is 3.01. The Hall–Kier alpha value is -2.67. The molecule has 0 bridgehead atoms. The second-order valence-electron chi connectivity index (χ2n) is 8.11. The van der Waals surface area contributed by atoms with Crippen LogP contribution in [0.4, 0.5) is 10.7 Å². The van der Waals surface area contributed by atoms with Crippen molar-refractivity contribution in [1.29, 1.82) is 0 Å². The van der Waals surface area contributed by atoms with E-state index in [1.54, 1.807) is 30.3 Å². The number of rotatable bonds is 6. The quantitative estimate of drug-likeness (QED) is 0.632. The van der Waals surface area contributed by atoms with E-state index in [2.05, 4.69) is 16.0 Å². The van der Waals surface area contributed by atoms with Crippen molar-refractivity contribution in [3.05, 3.63) is 46.3 Å². The van der Waals surface area contributed by atoms with E-state index in [-0.39, 0.29) is 23.8 Å². The smallest absolute Gasteiger partial charge is 0.266 e. The maximum Gasteiger partial charge on any atom is 0.266 e. The molecule has 1 aromatic heterocycles. The zero-order valence-electron chi connectivity index (χ0n) is 17.8. The van der Waals surface area contributed by atoms with Gasteiger partial charge in [0.1, 0.15) is 0 Å². The molecule has 156 valence electrons. The number of hydrogen-bond acceptors (Lipinski definition) is 4. The van der Waals surface area contributed by atoms with Crippen molar-refractivity contribution in [1.82, 2.24) is 5.32 Å². The van der Waals surface area contributed by atoms with E-state index in [0.717, 1.165) is 12.0 Å². The summed E-state index contributed by atoms with van der Waals surface area (Å²) in [6, 6.07) is 8.74. The first-order valence-corrected chi connectivity index (χ1v) is 10.5. The summed E-state index contributed by atoms with van der Waals surface area (Å²) in [6.45, 7) is 11.2. The van der Waals surface area contributed by atoms with Gasteiger partial charge in [-0.25, -0.2) is 0 Å². The third-order valence-electron chi connectivity index (χ3n) is 4.45. The molecule has 0 unspecified atom stereocenters. The van der Waals surface area contributed by atoms with Crippen molar-refractivity contribution >= 4 is 39.7 Å². The van der Waals surface area contributed by atoms with E-state index < -0.39 is 5.41 Å². The molecule has 0 fully saturated rings. The monoisotopic (exact) mass is 415 g/mol. The number of benzene rings is 1. The lowest BCUT2D eigenvalue weighted by Crippen LogP contribution is -2.32. The average molecular weight is 416 g/mol. The Morgan fingerprint density at radius 2 is 1.72 bits per heavy atom. The molecule has 3 N–H and O–H groups in total. The normalized spacial score (nSPS) is 12.2. The van der Waals surface area contributed by atoms with Crippen LogP contribution >= 0.6 is 11.3 Å². The van der Waals surface area contributed by atoms with Crippen LogP contribution in [-0.2, 0) is 4.79 Å². The number of carbonyl (C=O) groups excluding carboxylic acids is 3. The SMILES string of the molecule is CC[C@H](C)NC(=O)c1ccccc1NC(=O)c1sc(NC(=O)C(C)(C)C)cc1C. The predicted octanol–water partition coefficient (Wildman–Crippen LogP) is 4.82. The highest BCUT2D eigenvalue weighted by atomic mass is 32.1. The van der Waals surface area contributed by atoms with Crippen LogP contribution in [0, 0.1) is 12.3 Å². The molecule has 0 aliphatic heterocycles. The van der Waals surface area contributed by atoms with E-state index in [0.29, 0.717) is 21.1 Å². The molecule has 0 saturated heterocycles. The van der Waals surface area contributed by atoms with Gasteiger partial charge in [0.2, 0.25) is 5.91 Å². The van der Waals surface area contributed by atoms with Gasteiger partial charge in [-0.2, -0.15) is 0 Å². The zero-order chi connectivity index (χ0) is 21.8. The minimum absolute atomic E-state index is 0.0415. The van der Waals surface area contributed by atoms with Crippen molar-refractivity contribution in [3.63, 3.8) is 0 Å². The number of carbonyl (C=O) groups is 3. The largest absolute Gasteiger partial charge is 0.350 e. The van der Waals surface area contributed by atoms with Crippen molar-refractivity contribution < 1.29 is 14.4 Å². The second-order valence-corrected chi connectivity index (χ2v) is 9.16. The van der Waals surface area contributed by atoms with Gasteiger partial charge >= 0.3 is 0 Å². The summed E-state index contributed by atoms with van der Waals surface area (Å²) >= 11 is 1.22. The van der Waals surface area contributed by atoms with Gasteiger partial charge in [0, 0.05) is 11.5 Å². The molecule has 2 rings (SSSR count). The van der Waals surface area contributed by atoms with Crippen LogP contribution in [-0.4, -0.2) is 23.8 Å². The Kier molecular flexibility index (Phi) is 7.19. The van der Waals surface area contributed by atoms with Crippen LogP contribution in [0.5, 0.6) is 0 Å². The summed E-state index contributed by atoms with van der Waals surface area (Å²) in [5, 5.41) is 9.23. The van der Waals surface area contributed by atoms with Crippen molar-refractivity contribution in [2.45, 2.75) is 54.0 Å². The fourth-order valence-corrected chi connectivity index (χ4v) is 3.40. The van der Waals surface area contributed by atoms with Gasteiger partial charge in [0.15, 0.2) is 0 Å². The molecule has 1 aromatic carbocycles. The van der Waals surface area contributed by atoms with Crippen LogP contribution in [0.2, 0.25) is 0 Å². The molecular weight excluding hydrogens is 386 g/mol. The molecule has 7 heteroatoms. The first kappa shape index (κ1) is 22.6. The minimum atomic E-state index is -0.526. The molecule has 0 aliphatic carbocycles. The minimum Gasteiger partial charge on any atom is -0.350 e. The number of para-hydroxylation sites is 1. The summed E-state index contributed by atoms with van der Waals surface area (Å²) in [4.78, 5) is 38.1. The first-order chi connectivity index (χ1) is 13.5. The summed E-state index contributed by atoms with van der Waals surface area (Å²) in [6.07, 6.45) is 0.817. The van der Waals surface area contributed by atoms with Gasteiger partial charge in [-0.3, -0.25) is 14.4 Å². The Morgan fingerprint density at radius 3 is 2.34 bits per heavy atom. The number of aryl methyl sites for hydroxylation is 1. The molecule has 2 aromatic rings. The molecule has 1 heterocycles. The van der Waals surface area contributed by atoms with Gasteiger partial charge in [0.25, 0.3) is 11.8 Å². The fraction of sp³-hybridized carbons (Fsp3) is 0.409. The summed E-state index contributed by atoms with van der Waals surface area (Å²) in [7, 11) is 0. The summed E-state index contributed by atoms with van der Waals surface area (Å²) in [5.41, 5.74) is 1.10. The van der Waals surface area contributed by atoms with Crippen LogP contribution in [0.1, 0.15) is 66.6 Å². The molecule has 0 saturated carbocycles. The Morgan fingerprint density at radius 1 is 1.07 bits per heavy atom. The van der Waals surface area contributed by atoms with Crippen molar-refractivity contribution in [2.24, 2.45) is 5.41 Å². The lowest BCUT2D eigenvalue weighted by atomic mass is 9.96. The molecule has 1 atom stereocenters. The first-order valence-electron chi connectivity index (χ1n) is 9.66. The second kappa shape index (κ2) is 9.22. The van der Waals surface area contributed by atoms with Gasteiger partial charge in [0.05, 0.1) is 21.1 Å². The molecule has 0 spiro atoms. The highest BCUT2D eigenvalue weighted by Gasteiger charge is 2.23. The van der Waals surface area contributed by atoms with Crippen LogP contribution < -0.4 is 16.0 Å². The summed E-state index contributed by atoms with van der Waals surface area (Å²) < 4.78 is 0. The van der Waals surface area contributed by atoms with E-state index in [1.807, 2.05) is 41.5 Å². The highest BCUT2D eigenvalue weighted by Crippen LogP contribution is 2.29. The number of amides is 3. The van der Waals surface area contributed by atoms with Gasteiger partial charge < -0.3 is 16.0 Å². The molecule has 29 heavy (non-hydrogen) atoms. The van der Waals surface area contributed by atoms with Gasteiger partial charge in [-0.1, -0.05) is 39.8 Å². The van der Waals surface area contributed by atoms with Crippen LogP contribution in [0.25, 0.3) is 0 Å². The standard InChI is InChI=1S/C22H29N3O3S/c1-7-14(3)23-19(26)15-10-8-9-11-16(15)24-20(27)18-13(2)12-17(29-18)25-21(28)22(4,5)6/h8-12,14H,7H2,1-6H3,(H,23,26)(H,24,27)(H,25,28)/t14-/m0/s1. The maximum atomic E-state index is 12.8. The number of anilines is 2. The lowest BCUT2D eigenvalue weighted by molar-refractivity contribution is -0.123. The number of nitrogens with one attached hydrogen (secondary N) is 3. The zero-order valence-corrected chi connectivity index (χ0v) is 18.6. The fourth-order valence-electron chi connectivity index (χ4n) is 2.44. The van der Waals surface area contributed by atoms with Crippen molar-refractivity contribution in [3.8, 4) is 0 Å². The Balaban J connectivity index is 2.19.